The van der Waals surface area contributed by atoms with Crippen molar-refractivity contribution in [1.82, 2.24) is 15.2 Å². The van der Waals surface area contributed by atoms with E-state index in [0.717, 1.165) is 5.39 Å². The highest BCUT2D eigenvalue weighted by atomic mass is 19.1. The molecule has 2 atom stereocenters. The minimum absolute atomic E-state index is 0.127. The van der Waals surface area contributed by atoms with Gasteiger partial charge in [0.05, 0.1) is 18.2 Å². The molecule has 2 aromatic rings. The fourth-order valence-electron chi connectivity index (χ4n) is 4.35. The Morgan fingerprint density at radius 3 is 2.72 bits per heavy atom. The largest absolute Gasteiger partial charge is 0.386 e. The van der Waals surface area contributed by atoms with Gasteiger partial charge in [-0.15, -0.1) is 0 Å². The quantitative estimate of drug-likeness (QED) is 0.714. The molecule has 3 heterocycles. The molecule has 2 fully saturated rings. The van der Waals surface area contributed by atoms with Crippen molar-refractivity contribution in [3.8, 4) is 0 Å². The van der Waals surface area contributed by atoms with Crippen LogP contribution in [0.4, 0.5) is 4.39 Å². The van der Waals surface area contributed by atoms with Gasteiger partial charge >= 0.3 is 0 Å². The Labute approximate surface area is 168 Å². The molecule has 2 saturated heterocycles. The number of halogens is 1. The third-order valence-electron chi connectivity index (χ3n) is 6.15. The number of rotatable bonds is 2. The third-order valence-corrected chi connectivity index (χ3v) is 6.15. The number of nitrogens with one attached hydrogen (secondary N) is 2. The summed E-state index contributed by atoms with van der Waals surface area (Å²) in [6, 6.07) is 5.74. The molecule has 156 valence electrons. The van der Waals surface area contributed by atoms with Crippen molar-refractivity contribution in [2.24, 2.45) is 0 Å². The molecule has 0 aliphatic carbocycles. The number of carbonyl (C=O) groups excluding carboxylic acids is 2. The zero-order valence-corrected chi connectivity index (χ0v) is 16.6. The maximum absolute atomic E-state index is 13.4. The highest BCUT2D eigenvalue weighted by Gasteiger charge is 2.49. The fourth-order valence-corrected chi connectivity index (χ4v) is 4.35. The van der Waals surface area contributed by atoms with Crippen molar-refractivity contribution >= 4 is 22.7 Å². The van der Waals surface area contributed by atoms with Crippen LogP contribution in [0.1, 0.15) is 43.6 Å². The number of hydrogen-bond acceptors (Lipinski definition) is 4. The Morgan fingerprint density at radius 2 is 2.03 bits per heavy atom. The zero-order valence-electron chi connectivity index (χ0n) is 16.6. The van der Waals surface area contributed by atoms with Crippen LogP contribution >= 0.6 is 0 Å². The third kappa shape index (κ3) is 3.86. The van der Waals surface area contributed by atoms with E-state index in [-0.39, 0.29) is 30.3 Å². The van der Waals surface area contributed by atoms with Gasteiger partial charge in [-0.05, 0) is 50.5 Å². The van der Waals surface area contributed by atoms with E-state index in [2.05, 4.69) is 10.3 Å². The molecule has 1 aromatic heterocycles. The average Bonchev–Trinajstić information content (AvgIpc) is 3.08. The summed E-state index contributed by atoms with van der Waals surface area (Å²) in [5, 5.41) is 14.2. The molecule has 0 saturated carbocycles. The molecule has 1 aromatic carbocycles. The number of H-pyrrole nitrogens is 1. The van der Waals surface area contributed by atoms with E-state index in [1.807, 2.05) is 0 Å². The summed E-state index contributed by atoms with van der Waals surface area (Å²) >= 11 is 0. The number of amides is 2. The average molecular weight is 403 g/mol. The van der Waals surface area contributed by atoms with E-state index in [1.54, 1.807) is 24.0 Å². The van der Waals surface area contributed by atoms with Gasteiger partial charge in [0, 0.05) is 30.9 Å². The van der Waals surface area contributed by atoms with Gasteiger partial charge in [0.1, 0.15) is 17.1 Å². The van der Waals surface area contributed by atoms with Crippen molar-refractivity contribution in [3.05, 3.63) is 35.8 Å². The molecule has 2 aliphatic heterocycles. The second kappa shape index (κ2) is 7.11. The lowest BCUT2D eigenvalue weighted by molar-refractivity contribution is -0.191. The second-order valence-electron chi connectivity index (χ2n) is 8.49. The number of hydrogen-bond donors (Lipinski definition) is 3. The number of nitrogens with zero attached hydrogens (tertiary/aromatic N) is 1. The predicted molar refractivity (Wildman–Crippen MR) is 105 cm³/mol. The van der Waals surface area contributed by atoms with Gasteiger partial charge in [-0.3, -0.25) is 9.59 Å². The molecular weight excluding hydrogens is 377 g/mol. The Balaban J connectivity index is 1.44. The number of benzene rings is 1. The van der Waals surface area contributed by atoms with Crippen LogP contribution < -0.4 is 5.32 Å². The topological polar surface area (TPSA) is 94.7 Å². The van der Waals surface area contributed by atoms with Gasteiger partial charge in [0.15, 0.2) is 0 Å². The summed E-state index contributed by atoms with van der Waals surface area (Å²) in [7, 11) is 0. The number of likely N-dealkylation sites (tertiary alicyclic amines) is 1. The van der Waals surface area contributed by atoms with Crippen LogP contribution in [0.25, 0.3) is 10.9 Å². The van der Waals surface area contributed by atoms with Crippen LogP contribution in [0.3, 0.4) is 0 Å². The lowest BCUT2D eigenvalue weighted by atomic mass is 9.77. The van der Waals surface area contributed by atoms with Gasteiger partial charge < -0.3 is 25.0 Å². The number of carbonyl (C=O) groups is 2. The zero-order chi connectivity index (χ0) is 20.8. The Bertz CT molecular complexity index is 947. The molecule has 3 N–H and O–H groups in total. The van der Waals surface area contributed by atoms with E-state index < -0.39 is 11.2 Å². The van der Waals surface area contributed by atoms with Crippen LogP contribution in [0.2, 0.25) is 0 Å². The maximum atomic E-state index is 13.4. The highest BCUT2D eigenvalue weighted by Crippen LogP contribution is 2.38. The lowest BCUT2D eigenvalue weighted by Crippen LogP contribution is -2.63. The van der Waals surface area contributed by atoms with Crippen molar-refractivity contribution in [1.29, 1.82) is 0 Å². The summed E-state index contributed by atoms with van der Waals surface area (Å²) in [5.74, 6) is -0.662. The number of ether oxygens (including phenoxy) is 1. The molecule has 0 radical (unpaired) electrons. The predicted octanol–water partition coefficient (Wildman–Crippen LogP) is 1.96. The molecule has 1 spiro atoms. The molecule has 2 amide bonds. The second-order valence-corrected chi connectivity index (χ2v) is 8.49. The minimum Gasteiger partial charge on any atom is -0.386 e. The molecule has 2 aliphatic rings. The number of aromatic nitrogens is 1. The molecule has 8 heteroatoms. The number of fused-ring (bicyclic) bond motifs is 1. The molecule has 7 nitrogen and oxygen atoms in total. The summed E-state index contributed by atoms with van der Waals surface area (Å²) in [6.45, 7) is 4.26. The Morgan fingerprint density at radius 1 is 1.31 bits per heavy atom. The van der Waals surface area contributed by atoms with Crippen molar-refractivity contribution in [3.63, 3.8) is 0 Å². The van der Waals surface area contributed by atoms with Gasteiger partial charge in [-0.2, -0.15) is 0 Å². The molecular formula is C21H26FN3O4. The normalized spacial score (nSPS) is 26.6. The summed E-state index contributed by atoms with van der Waals surface area (Å²) in [6.07, 6.45) is 1.76. The van der Waals surface area contributed by atoms with Gasteiger partial charge in [0.25, 0.3) is 5.91 Å². The van der Waals surface area contributed by atoms with Gasteiger partial charge in [-0.25, -0.2) is 4.39 Å². The first-order valence-corrected chi connectivity index (χ1v) is 9.88. The molecule has 0 unspecified atom stereocenters. The number of piperidine rings is 1. The van der Waals surface area contributed by atoms with E-state index in [0.29, 0.717) is 43.6 Å². The van der Waals surface area contributed by atoms with Crippen molar-refractivity contribution in [2.75, 3.05) is 19.7 Å². The summed E-state index contributed by atoms with van der Waals surface area (Å²) in [5.41, 5.74) is -0.554. The first kappa shape index (κ1) is 19.8. The first-order valence-electron chi connectivity index (χ1n) is 9.88. The standard InChI is InChI=1S/C21H26FN3O4/c1-13(26)23-18-11-21(29-12-20(18,2)28)5-7-25(8-6-21)19(27)17-9-14-3-4-15(22)10-16(14)24-17/h3-4,9-10,18,24,28H,5-8,11-12H2,1-2H3,(H,23,26)/t18-,20-/m1/s1. The van der Waals surface area contributed by atoms with E-state index in [9.17, 15) is 19.1 Å². The Hall–Kier alpha value is -2.45. The maximum Gasteiger partial charge on any atom is 0.270 e. The van der Waals surface area contributed by atoms with Gasteiger partial charge in [0.2, 0.25) is 5.91 Å². The SMILES string of the molecule is CC(=O)N[C@@H]1CC2(CCN(C(=O)c3cc4ccc(F)cc4[nH]3)CC2)OC[C@@]1(C)O. The van der Waals surface area contributed by atoms with Crippen LogP contribution in [0.15, 0.2) is 24.3 Å². The van der Waals surface area contributed by atoms with Crippen molar-refractivity contribution < 1.29 is 23.8 Å². The Kier molecular flexibility index (Phi) is 4.86. The summed E-state index contributed by atoms with van der Waals surface area (Å²) in [4.78, 5) is 29.2. The van der Waals surface area contributed by atoms with E-state index in [4.69, 9.17) is 4.74 Å². The monoisotopic (exact) mass is 403 g/mol. The van der Waals surface area contributed by atoms with E-state index >= 15 is 0 Å². The van der Waals surface area contributed by atoms with Crippen LogP contribution in [0.5, 0.6) is 0 Å². The molecule has 0 bridgehead atoms. The van der Waals surface area contributed by atoms with Crippen LogP contribution in [-0.2, 0) is 9.53 Å². The van der Waals surface area contributed by atoms with Gasteiger partial charge in [-0.1, -0.05) is 0 Å². The van der Waals surface area contributed by atoms with E-state index in [1.165, 1.54) is 19.1 Å². The highest BCUT2D eigenvalue weighted by molar-refractivity contribution is 5.98. The number of aromatic amines is 1. The smallest absolute Gasteiger partial charge is 0.270 e. The lowest BCUT2D eigenvalue weighted by Gasteiger charge is -2.50. The number of aliphatic hydroxyl groups is 1. The van der Waals surface area contributed by atoms with Crippen molar-refractivity contribution in [2.45, 2.75) is 50.4 Å². The van der Waals surface area contributed by atoms with Crippen LogP contribution in [0, 0.1) is 5.82 Å². The first-order chi connectivity index (χ1) is 13.7. The minimum atomic E-state index is -1.12. The molecule has 4 rings (SSSR count). The fraction of sp³-hybridized carbons (Fsp3) is 0.524. The molecule has 29 heavy (non-hydrogen) atoms. The van der Waals surface area contributed by atoms with Crippen LogP contribution in [-0.4, -0.2) is 63.7 Å². The summed E-state index contributed by atoms with van der Waals surface area (Å²) < 4.78 is 19.4.